The lowest BCUT2D eigenvalue weighted by atomic mass is 10.1. The third-order valence-electron chi connectivity index (χ3n) is 2.53. The molecule has 0 amide bonds. The Morgan fingerprint density at radius 3 is 2.82 bits per heavy atom. The summed E-state index contributed by atoms with van der Waals surface area (Å²) in [7, 11) is 2.09. The van der Waals surface area contributed by atoms with E-state index in [0.717, 1.165) is 12.1 Å². The van der Waals surface area contributed by atoms with Crippen LogP contribution in [-0.2, 0) is 0 Å². The molecule has 0 spiro atoms. The average Bonchev–Trinajstić information content (AvgIpc) is 2.82. The van der Waals surface area contributed by atoms with Crippen molar-refractivity contribution in [3.8, 4) is 11.4 Å². The van der Waals surface area contributed by atoms with Crippen LogP contribution in [0.2, 0.25) is 0 Å². The van der Waals surface area contributed by atoms with Crippen LogP contribution >= 0.6 is 0 Å². The Morgan fingerprint density at radius 1 is 1.35 bits per heavy atom. The molecular formula is C12H17N5. The highest BCUT2D eigenvalue weighted by Gasteiger charge is 2.07. The van der Waals surface area contributed by atoms with Gasteiger partial charge in [-0.3, -0.25) is 0 Å². The van der Waals surface area contributed by atoms with Crippen LogP contribution in [0.15, 0.2) is 24.3 Å². The smallest absolute Gasteiger partial charge is 0.204 e. The van der Waals surface area contributed by atoms with Gasteiger partial charge in [-0.25, -0.2) is 0 Å². The summed E-state index contributed by atoms with van der Waals surface area (Å²) in [6, 6.07) is 8.16. The van der Waals surface area contributed by atoms with Crippen molar-refractivity contribution in [2.45, 2.75) is 13.8 Å². The van der Waals surface area contributed by atoms with Crippen molar-refractivity contribution in [2.24, 2.45) is 5.92 Å². The summed E-state index contributed by atoms with van der Waals surface area (Å²) in [4.78, 5) is 2.23. The summed E-state index contributed by atoms with van der Waals surface area (Å²) in [5.74, 6) is 1.26. The number of aromatic amines is 1. The van der Waals surface area contributed by atoms with Gasteiger partial charge in [0.25, 0.3) is 0 Å². The summed E-state index contributed by atoms with van der Waals surface area (Å²) < 4.78 is 0. The molecule has 1 aromatic heterocycles. The number of benzene rings is 1. The molecule has 1 aromatic carbocycles. The molecule has 0 bridgehead atoms. The summed E-state index contributed by atoms with van der Waals surface area (Å²) in [5, 5.41) is 14.0. The second kappa shape index (κ2) is 4.95. The van der Waals surface area contributed by atoms with E-state index < -0.39 is 0 Å². The Kier molecular flexibility index (Phi) is 3.37. The Bertz CT molecular complexity index is 464. The van der Waals surface area contributed by atoms with Gasteiger partial charge >= 0.3 is 0 Å². The second-order valence-electron chi connectivity index (χ2n) is 4.56. The minimum Gasteiger partial charge on any atom is -0.374 e. The molecule has 2 aromatic rings. The van der Waals surface area contributed by atoms with Crippen molar-refractivity contribution < 1.29 is 0 Å². The van der Waals surface area contributed by atoms with Crippen molar-refractivity contribution in [3.05, 3.63) is 24.3 Å². The van der Waals surface area contributed by atoms with Gasteiger partial charge in [-0.1, -0.05) is 26.0 Å². The fraction of sp³-hybridized carbons (Fsp3) is 0.417. The minimum atomic E-state index is 0.629. The van der Waals surface area contributed by atoms with Gasteiger partial charge in [-0.15, -0.1) is 10.2 Å². The topological polar surface area (TPSA) is 57.7 Å². The quantitative estimate of drug-likeness (QED) is 0.873. The van der Waals surface area contributed by atoms with E-state index in [4.69, 9.17) is 0 Å². The van der Waals surface area contributed by atoms with E-state index in [1.165, 1.54) is 5.69 Å². The van der Waals surface area contributed by atoms with Gasteiger partial charge in [-0.2, -0.15) is 5.21 Å². The fourth-order valence-electron chi connectivity index (χ4n) is 1.82. The molecule has 17 heavy (non-hydrogen) atoms. The lowest BCUT2D eigenvalue weighted by Gasteiger charge is -2.21. The number of tetrazole rings is 1. The zero-order valence-corrected chi connectivity index (χ0v) is 10.4. The van der Waals surface area contributed by atoms with Gasteiger partial charge in [0.2, 0.25) is 5.82 Å². The van der Waals surface area contributed by atoms with Crippen molar-refractivity contribution >= 4 is 5.69 Å². The molecule has 0 aliphatic heterocycles. The second-order valence-corrected chi connectivity index (χ2v) is 4.56. The summed E-state index contributed by atoms with van der Waals surface area (Å²) in [6.45, 7) is 5.44. The highest BCUT2D eigenvalue weighted by Crippen LogP contribution is 2.21. The van der Waals surface area contributed by atoms with Gasteiger partial charge in [0.05, 0.1) is 0 Å². The van der Waals surface area contributed by atoms with Gasteiger partial charge in [0, 0.05) is 24.8 Å². The zero-order valence-electron chi connectivity index (χ0n) is 10.4. The molecule has 0 saturated heterocycles. The molecule has 0 aliphatic carbocycles. The monoisotopic (exact) mass is 231 g/mol. The van der Waals surface area contributed by atoms with Crippen LogP contribution in [-0.4, -0.2) is 34.2 Å². The van der Waals surface area contributed by atoms with Gasteiger partial charge < -0.3 is 4.90 Å². The summed E-state index contributed by atoms with van der Waals surface area (Å²) in [6.07, 6.45) is 0. The highest BCUT2D eigenvalue weighted by molar-refractivity contribution is 5.62. The molecule has 5 nitrogen and oxygen atoms in total. The van der Waals surface area contributed by atoms with Crippen LogP contribution in [0, 0.1) is 5.92 Å². The molecule has 1 N–H and O–H groups in total. The third-order valence-corrected chi connectivity index (χ3v) is 2.53. The van der Waals surface area contributed by atoms with Crippen LogP contribution in [0.25, 0.3) is 11.4 Å². The fourth-order valence-corrected chi connectivity index (χ4v) is 1.82. The number of anilines is 1. The van der Waals surface area contributed by atoms with E-state index in [1.54, 1.807) is 0 Å². The molecule has 0 radical (unpaired) electrons. The number of aromatic nitrogens is 4. The number of hydrogen-bond acceptors (Lipinski definition) is 4. The predicted molar refractivity (Wildman–Crippen MR) is 67.7 cm³/mol. The molecule has 90 valence electrons. The van der Waals surface area contributed by atoms with Crippen LogP contribution in [0.4, 0.5) is 5.69 Å². The molecule has 5 heteroatoms. The van der Waals surface area contributed by atoms with Gasteiger partial charge in [-0.05, 0) is 23.3 Å². The predicted octanol–water partition coefficient (Wildman–Crippen LogP) is 1.96. The van der Waals surface area contributed by atoms with Crippen molar-refractivity contribution in [3.63, 3.8) is 0 Å². The molecule has 2 rings (SSSR count). The average molecular weight is 231 g/mol. The van der Waals surface area contributed by atoms with E-state index >= 15 is 0 Å². The van der Waals surface area contributed by atoms with Crippen LogP contribution in [0.5, 0.6) is 0 Å². The number of H-pyrrole nitrogens is 1. The maximum atomic E-state index is 3.98. The minimum absolute atomic E-state index is 0.629. The van der Waals surface area contributed by atoms with E-state index in [-0.39, 0.29) is 0 Å². The first-order valence-corrected chi connectivity index (χ1v) is 5.72. The maximum absolute atomic E-state index is 3.98. The molecule has 0 aliphatic rings. The molecule has 1 heterocycles. The first-order valence-electron chi connectivity index (χ1n) is 5.72. The standard InChI is InChI=1S/C12H17N5/c1-9(2)8-17(3)11-6-4-5-10(7-11)12-13-15-16-14-12/h4-7,9H,8H2,1-3H3,(H,13,14,15,16). The summed E-state index contributed by atoms with van der Waals surface area (Å²) in [5.41, 5.74) is 2.15. The number of hydrogen-bond donors (Lipinski definition) is 1. The number of rotatable bonds is 4. The zero-order chi connectivity index (χ0) is 12.3. The maximum Gasteiger partial charge on any atom is 0.204 e. The van der Waals surface area contributed by atoms with E-state index in [1.807, 2.05) is 12.1 Å². The van der Waals surface area contributed by atoms with E-state index in [2.05, 4.69) is 58.6 Å². The Balaban J connectivity index is 2.23. The van der Waals surface area contributed by atoms with Crippen LogP contribution in [0.3, 0.4) is 0 Å². The van der Waals surface area contributed by atoms with Crippen molar-refractivity contribution in [2.75, 3.05) is 18.5 Å². The summed E-state index contributed by atoms with van der Waals surface area (Å²) >= 11 is 0. The number of nitrogens with one attached hydrogen (secondary N) is 1. The first-order chi connectivity index (χ1) is 8.16. The lowest BCUT2D eigenvalue weighted by molar-refractivity contribution is 0.638. The molecule has 0 saturated carbocycles. The van der Waals surface area contributed by atoms with Crippen LogP contribution in [0.1, 0.15) is 13.8 Å². The highest BCUT2D eigenvalue weighted by atomic mass is 15.5. The van der Waals surface area contributed by atoms with Gasteiger partial charge in [0.15, 0.2) is 0 Å². The molecule has 0 atom stereocenters. The SMILES string of the molecule is CC(C)CN(C)c1cccc(-c2nn[nH]n2)c1. The third kappa shape index (κ3) is 2.81. The largest absolute Gasteiger partial charge is 0.374 e. The lowest BCUT2D eigenvalue weighted by Crippen LogP contribution is -2.22. The Hall–Kier alpha value is -1.91. The first kappa shape index (κ1) is 11.6. The van der Waals surface area contributed by atoms with E-state index in [9.17, 15) is 0 Å². The Labute approximate surface area is 101 Å². The number of nitrogens with zero attached hydrogens (tertiary/aromatic N) is 4. The van der Waals surface area contributed by atoms with E-state index in [0.29, 0.717) is 11.7 Å². The molecular weight excluding hydrogens is 214 g/mol. The molecule has 0 unspecified atom stereocenters. The Morgan fingerprint density at radius 2 is 2.18 bits per heavy atom. The molecule has 0 fully saturated rings. The van der Waals surface area contributed by atoms with Crippen molar-refractivity contribution in [1.82, 2.24) is 20.6 Å². The normalized spacial score (nSPS) is 10.8. The van der Waals surface area contributed by atoms with Gasteiger partial charge in [0.1, 0.15) is 0 Å². The van der Waals surface area contributed by atoms with Crippen LogP contribution < -0.4 is 4.90 Å². The van der Waals surface area contributed by atoms with Crippen molar-refractivity contribution in [1.29, 1.82) is 0 Å².